The molecule has 1 saturated heterocycles. The molecule has 0 saturated carbocycles. The third-order valence-electron chi connectivity index (χ3n) is 5.92. The molecule has 0 bridgehead atoms. The molecule has 2 aromatic rings. The van der Waals surface area contributed by atoms with Crippen molar-refractivity contribution >= 4 is 27.3 Å². The van der Waals surface area contributed by atoms with Gasteiger partial charge in [-0.25, -0.2) is 13.1 Å². The minimum Gasteiger partial charge on any atom is -0.375 e. The number of carbonyl (C=O) groups excluding carboxylic acids is 1. The van der Waals surface area contributed by atoms with Crippen LogP contribution in [0.3, 0.4) is 0 Å². The summed E-state index contributed by atoms with van der Waals surface area (Å²) in [4.78, 5) is 14.3. The number of carbonyl (C=O) groups is 1. The second-order valence-electron chi connectivity index (χ2n) is 8.12. The van der Waals surface area contributed by atoms with Gasteiger partial charge in [0.2, 0.25) is 15.9 Å². The van der Waals surface area contributed by atoms with E-state index in [1.54, 1.807) is 18.2 Å². The maximum absolute atomic E-state index is 13.6. The van der Waals surface area contributed by atoms with E-state index >= 15 is 0 Å². The Kier molecular flexibility index (Phi) is 6.60. The Morgan fingerprint density at radius 1 is 1.13 bits per heavy atom. The van der Waals surface area contributed by atoms with Gasteiger partial charge < -0.3 is 15.0 Å². The number of methoxy groups -OCH3 is 1. The van der Waals surface area contributed by atoms with E-state index in [1.165, 1.54) is 12.7 Å². The van der Waals surface area contributed by atoms with Gasteiger partial charge in [0.1, 0.15) is 11.5 Å². The van der Waals surface area contributed by atoms with Crippen LogP contribution in [0.5, 0.6) is 0 Å². The number of aryl methyl sites for hydroxylation is 1. The predicted octanol–water partition coefficient (Wildman–Crippen LogP) is 3.23. The fourth-order valence-corrected chi connectivity index (χ4v) is 5.98. The first kappa shape index (κ1) is 21.8. The largest absolute Gasteiger partial charge is 0.375 e. The minimum absolute atomic E-state index is 0.0902. The molecule has 1 aliphatic heterocycles. The third-order valence-corrected chi connectivity index (χ3v) is 7.42. The molecule has 1 heterocycles. The molecule has 1 atom stereocenters. The van der Waals surface area contributed by atoms with E-state index in [4.69, 9.17) is 4.74 Å². The molecule has 1 aliphatic carbocycles. The van der Waals surface area contributed by atoms with Crippen LogP contribution in [-0.4, -0.2) is 41.1 Å². The van der Waals surface area contributed by atoms with Gasteiger partial charge in [-0.05, 0) is 61.4 Å². The van der Waals surface area contributed by atoms with Crippen molar-refractivity contribution in [3.63, 3.8) is 0 Å². The summed E-state index contributed by atoms with van der Waals surface area (Å²) < 4.78 is 35.0. The Hall–Kier alpha value is -2.42. The van der Waals surface area contributed by atoms with Crippen LogP contribution >= 0.6 is 0 Å². The molecular weight excluding hydrogens is 414 g/mol. The van der Waals surface area contributed by atoms with Crippen molar-refractivity contribution in [2.75, 3.05) is 37.0 Å². The highest BCUT2D eigenvalue weighted by Crippen LogP contribution is 2.34. The van der Waals surface area contributed by atoms with Crippen molar-refractivity contribution in [1.82, 2.24) is 4.72 Å². The van der Waals surface area contributed by atoms with Gasteiger partial charge >= 0.3 is 0 Å². The highest BCUT2D eigenvalue weighted by Gasteiger charge is 2.29. The van der Waals surface area contributed by atoms with Gasteiger partial charge in [0.25, 0.3) is 0 Å². The number of amides is 1. The number of anilines is 2. The molecule has 4 rings (SSSR count). The number of rotatable bonds is 7. The van der Waals surface area contributed by atoms with Crippen molar-refractivity contribution in [3.8, 4) is 0 Å². The summed E-state index contributed by atoms with van der Waals surface area (Å²) in [6, 6.07) is 12.8. The Morgan fingerprint density at radius 2 is 1.90 bits per heavy atom. The SMILES string of the molecule is COCC(=O)Nc1ccc(N2CCCC2)c(S(=O)(=O)N[C@H]2CCCc3ccccc32)c1. The molecule has 0 radical (unpaired) electrons. The summed E-state index contributed by atoms with van der Waals surface area (Å²) in [6.45, 7) is 1.56. The standard InChI is InChI=1S/C23H29N3O4S/c1-30-16-23(27)24-18-11-12-21(26-13-4-5-14-26)22(15-18)31(28,29)25-20-10-6-8-17-7-2-3-9-19(17)20/h2-3,7,9,11-12,15,20,25H,4-6,8,10,13-14,16H2,1H3,(H,24,27)/t20-/m0/s1. The summed E-state index contributed by atoms with van der Waals surface area (Å²) in [5.41, 5.74) is 3.36. The maximum Gasteiger partial charge on any atom is 0.250 e. The number of nitrogens with one attached hydrogen (secondary N) is 2. The number of ether oxygens (including phenoxy) is 1. The molecule has 0 aromatic heterocycles. The average molecular weight is 444 g/mol. The molecule has 0 unspecified atom stereocenters. The van der Waals surface area contributed by atoms with Gasteiger partial charge in [0.15, 0.2) is 0 Å². The van der Waals surface area contributed by atoms with Crippen molar-refractivity contribution in [2.45, 2.75) is 43.0 Å². The van der Waals surface area contributed by atoms with Gasteiger partial charge in [-0.15, -0.1) is 0 Å². The first-order valence-corrected chi connectivity index (χ1v) is 12.2. The molecule has 166 valence electrons. The van der Waals surface area contributed by atoms with Gasteiger partial charge in [-0.1, -0.05) is 24.3 Å². The zero-order chi connectivity index (χ0) is 21.8. The van der Waals surface area contributed by atoms with Crippen LogP contribution in [0.4, 0.5) is 11.4 Å². The Labute approximate surface area is 183 Å². The van der Waals surface area contributed by atoms with Crippen LogP contribution in [0.15, 0.2) is 47.4 Å². The van der Waals surface area contributed by atoms with Crippen molar-refractivity contribution in [1.29, 1.82) is 0 Å². The number of nitrogens with zero attached hydrogens (tertiary/aromatic N) is 1. The first-order valence-electron chi connectivity index (χ1n) is 10.8. The highest BCUT2D eigenvalue weighted by molar-refractivity contribution is 7.89. The number of sulfonamides is 1. The van der Waals surface area contributed by atoms with Crippen molar-refractivity contribution in [3.05, 3.63) is 53.6 Å². The van der Waals surface area contributed by atoms with Crippen LogP contribution < -0.4 is 14.9 Å². The number of hydrogen-bond acceptors (Lipinski definition) is 5. The second-order valence-corrected chi connectivity index (χ2v) is 9.81. The lowest BCUT2D eigenvalue weighted by atomic mass is 9.88. The van der Waals surface area contributed by atoms with Crippen LogP contribution in [-0.2, 0) is 26.0 Å². The summed E-state index contributed by atoms with van der Waals surface area (Å²) in [5.74, 6) is -0.325. The minimum atomic E-state index is -3.82. The molecule has 1 fully saturated rings. The van der Waals surface area contributed by atoms with Crippen LogP contribution in [0.25, 0.3) is 0 Å². The van der Waals surface area contributed by atoms with E-state index in [9.17, 15) is 13.2 Å². The van der Waals surface area contributed by atoms with Crippen molar-refractivity contribution in [2.24, 2.45) is 0 Å². The van der Waals surface area contributed by atoms with Crippen LogP contribution in [0.1, 0.15) is 42.9 Å². The van der Waals surface area contributed by atoms with E-state index in [2.05, 4.69) is 21.0 Å². The summed E-state index contributed by atoms with van der Waals surface area (Å²) >= 11 is 0. The average Bonchev–Trinajstić information content (AvgIpc) is 3.29. The van der Waals surface area contributed by atoms with Gasteiger partial charge in [0.05, 0.1) is 5.69 Å². The normalized spacial score (nSPS) is 18.6. The first-order chi connectivity index (χ1) is 15.0. The zero-order valence-electron chi connectivity index (χ0n) is 17.8. The monoisotopic (exact) mass is 443 g/mol. The van der Waals surface area contributed by atoms with Crippen LogP contribution in [0, 0.1) is 0 Å². The van der Waals surface area contributed by atoms with E-state index in [0.29, 0.717) is 11.4 Å². The maximum atomic E-state index is 13.6. The number of benzene rings is 2. The van der Waals surface area contributed by atoms with Gasteiger partial charge in [-0.3, -0.25) is 4.79 Å². The fourth-order valence-electron chi connectivity index (χ4n) is 4.48. The Bertz CT molecular complexity index is 1050. The molecule has 2 N–H and O–H groups in total. The lowest BCUT2D eigenvalue weighted by Crippen LogP contribution is -2.32. The summed E-state index contributed by atoms with van der Waals surface area (Å²) in [5, 5.41) is 2.72. The molecule has 31 heavy (non-hydrogen) atoms. The Morgan fingerprint density at radius 3 is 2.68 bits per heavy atom. The lowest BCUT2D eigenvalue weighted by molar-refractivity contribution is -0.119. The third kappa shape index (κ3) is 4.92. The second kappa shape index (κ2) is 9.38. The molecule has 7 nitrogen and oxygen atoms in total. The van der Waals surface area contributed by atoms with Gasteiger partial charge in [0, 0.05) is 31.9 Å². The smallest absolute Gasteiger partial charge is 0.250 e. The number of fused-ring (bicyclic) bond motifs is 1. The van der Waals surface area contributed by atoms with E-state index in [0.717, 1.165) is 50.8 Å². The van der Waals surface area contributed by atoms with Crippen molar-refractivity contribution < 1.29 is 17.9 Å². The van der Waals surface area contributed by atoms with E-state index in [-0.39, 0.29) is 23.5 Å². The topological polar surface area (TPSA) is 87.7 Å². The highest BCUT2D eigenvalue weighted by atomic mass is 32.2. The Balaban J connectivity index is 1.67. The fraction of sp³-hybridized carbons (Fsp3) is 0.435. The lowest BCUT2D eigenvalue weighted by Gasteiger charge is -2.28. The van der Waals surface area contributed by atoms with Crippen LogP contribution in [0.2, 0.25) is 0 Å². The molecular formula is C23H29N3O4S. The molecule has 1 amide bonds. The zero-order valence-corrected chi connectivity index (χ0v) is 18.6. The van der Waals surface area contributed by atoms with E-state index in [1.807, 2.05) is 18.2 Å². The quantitative estimate of drug-likeness (QED) is 0.686. The molecule has 2 aliphatic rings. The van der Waals surface area contributed by atoms with E-state index < -0.39 is 10.0 Å². The molecule has 2 aromatic carbocycles. The summed E-state index contributed by atoms with van der Waals surface area (Å²) in [6.07, 6.45) is 4.74. The van der Waals surface area contributed by atoms with Gasteiger partial charge in [-0.2, -0.15) is 0 Å². The summed E-state index contributed by atoms with van der Waals surface area (Å²) in [7, 11) is -2.37. The predicted molar refractivity (Wildman–Crippen MR) is 121 cm³/mol. The number of hydrogen-bond donors (Lipinski definition) is 2. The molecule has 8 heteroatoms. The molecule has 0 spiro atoms.